The second-order valence-corrected chi connectivity index (χ2v) is 8.11. The van der Waals surface area contributed by atoms with Crippen molar-refractivity contribution in [2.24, 2.45) is 0 Å². The maximum atomic E-state index is 12.3. The maximum Gasteiger partial charge on any atom is 0.410 e. The molecule has 3 saturated heterocycles. The average molecular weight is 373 g/mol. The normalized spacial score (nSPS) is 26.4. The van der Waals surface area contributed by atoms with E-state index in [0.29, 0.717) is 0 Å². The zero-order valence-corrected chi connectivity index (χ0v) is 16.5. The van der Waals surface area contributed by atoms with Crippen LogP contribution in [-0.4, -0.2) is 85.4 Å². The molecule has 0 saturated carbocycles. The van der Waals surface area contributed by atoms with Crippen LogP contribution in [-0.2, 0) is 16.0 Å². The first-order chi connectivity index (χ1) is 13.1. The average Bonchev–Trinajstić information content (AvgIpc) is 3.16. The minimum Gasteiger partial charge on any atom is -0.442 e. The summed E-state index contributed by atoms with van der Waals surface area (Å²) in [4.78, 5) is 19.1. The standard InChI is InChI=1S/C21H31N3O3/c1-16-4-5-17(2)18(12-16)13-23-14-19-20(15-23)27-21(25)24(19)7-3-6-22-8-10-26-11-9-22/h4-5,12,19-20H,3,6-11,13-15H2,1-2H3/t19-,20+/m1/s1. The van der Waals surface area contributed by atoms with Gasteiger partial charge in [-0.2, -0.15) is 0 Å². The van der Waals surface area contributed by atoms with E-state index in [0.717, 1.165) is 65.4 Å². The van der Waals surface area contributed by atoms with Gasteiger partial charge >= 0.3 is 6.09 Å². The Labute approximate surface area is 162 Å². The van der Waals surface area contributed by atoms with Gasteiger partial charge in [-0.1, -0.05) is 23.8 Å². The maximum absolute atomic E-state index is 12.3. The molecule has 3 aliphatic rings. The molecule has 1 aromatic carbocycles. The van der Waals surface area contributed by atoms with Gasteiger partial charge in [-0.15, -0.1) is 0 Å². The van der Waals surface area contributed by atoms with Crippen molar-refractivity contribution in [3.8, 4) is 0 Å². The summed E-state index contributed by atoms with van der Waals surface area (Å²) in [5.41, 5.74) is 4.00. The summed E-state index contributed by atoms with van der Waals surface area (Å²) in [5, 5.41) is 0. The van der Waals surface area contributed by atoms with Crippen LogP contribution in [0.2, 0.25) is 0 Å². The first-order valence-electron chi connectivity index (χ1n) is 10.2. The number of morpholine rings is 1. The number of likely N-dealkylation sites (tertiary alicyclic amines) is 1. The first kappa shape index (κ1) is 18.7. The molecule has 3 heterocycles. The summed E-state index contributed by atoms with van der Waals surface area (Å²) >= 11 is 0. The van der Waals surface area contributed by atoms with Gasteiger partial charge in [-0.3, -0.25) is 9.80 Å². The highest BCUT2D eigenvalue weighted by Crippen LogP contribution is 2.28. The number of rotatable bonds is 6. The molecule has 4 rings (SSSR count). The molecule has 1 aromatic rings. The zero-order valence-electron chi connectivity index (χ0n) is 16.5. The highest BCUT2D eigenvalue weighted by Gasteiger charge is 2.47. The van der Waals surface area contributed by atoms with Gasteiger partial charge < -0.3 is 14.4 Å². The molecule has 2 atom stereocenters. The molecule has 0 aliphatic carbocycles. The largest absolute Gasteiger partial charge is 0.442 e. The van der Waals surface area contributed by atoms with E-state index >= 15 is 0 Å². The fourth-order valence-electron chi connectivity index (χ4n) is 4.47. The lowest BCUT2D eigenvalue weighted by Gasteiger charge is -2.28. The van der Waals surface area contributed by atoms with Crippen molar-refractivity contribution in [3.05, 3.63) is 34.9 Å². The minimum atomic E-state index is -0.127. The smallest absolute Gasteiger partial charge is 0.410 e. The Kier molecular flexibility index (Phi) is 5.66. The first-order valence-corrected chi connectivity index (χ1v) is 10.2. The molecular weight excluding hydrogens is 342 g/mol. The van der Waals surface area contributed by atoms with Crippen molar-refractivity contribution in [2.45, 2.75) is 39.0 Å². The predicted octanol–water partition coefficient (Wildman–Crippen LogP) is 2.03. The van der Waals surface area contributed by atoms with Crippen LogP contribution in [0.1, 0.15) is 23.1 Å². The summed E-state index contributed by atoms with van der Waals surface area (Å²) in [5.74, 6) is 0. The van der Waals surface area contributed by atoms with Gasteiger partial charge in [0.05, 0.1) is 19.3 Å². The van der Waals surface area contributed by atoms with Gasteiger partial charge in [0.25, 0.3) is 0 Å². The molecule has 0 bridgehead atoms. The van der Waals surface area contributed by atoms with E-state index in [2.05, 4.69) is 41.8 Å². The molecule has 0 radical (unpaired) electrons. The van der Waals surface area contributed by atoms with E-state index in [1.807, 2.05) is 4.90 Å². The van der Waals surface area contributed by atoms with Crippen LogP contribution in [0.15, 0.2) is 18.2 Å². The van der Waals surface area contributed by atoms with E-state index in [1.165, 1.54) is 16.7 Å². The number of carbonyl (C=O) groups is 1. The molecule has 3 fully saturated rings. The monoisotopic (exact) mass is 373 g/mol. The number of aryl methyl sites for hydroxylation is 2. The molecule has 6 heteroatoms. The van der Waals surface area contributed by atoms with Crippen molar-refractivity contribution in [2.75, 3.05) is 52.5 Å². The highest BCUT2D eigenvalue weighted by atomic mass is 16.6. The quantitative estimate of drug-likeness (QED) is 0.764. The SMILES string of the molecule is Cc1ccc(C)c(CN2C[C@@H]3OC(=O)N(CCCN4CCOCC4)[C@@H]3C2)c1. The van der Waals surface area contributed by atoms with Crippen molar-refractivity contribution < 1.29 is 14.3 Å². The van der Waals surface area contributed by atoms with Gasteiger partial charge in [-0.05, 0) is 31.4 Å². The van der Waals surface area contributed by atoms with Gasteiger partial charge in [-0.25, -0.2) is 4.79 Å². The van der Waals surface area contributed by atoms with Crippen LogP contribution in [0.4, 0.5) is 4.79 Å². The number of nitrogens with zero attached hydrogens (tertiary/aromatic N) is 3. The van der Waals surface area contributed by atoms with Crippen LogP contribution < -0.4 is 0 Å². The van der Waals surface area contributed by atoms with Crippen LogP contribution in [0.5, 0.6) is 0 Å². The molecule has 1 amide bonds. The third kappa shape index (κ3) is 4.28. The molecule has 3 aliphatic heterocycles. The van der Waals surface area contributed by atoms with E-state index in [4.69, 9.17) is 9.47 Å². The number of ether oxygens (including phenoxy) is 2. The second kappa shape index (κ2) is 8.17. The summed E-state index contributed by atoms with van der Waals surface area (Å²) in [6.45, 7) is 12.4. The molecule has 0 aromatic heterocycles. The lowest BCUT2D eigenvalue weighted by molar-refractivity contribution is 0.0362. The Hall–Kier alpha value is -1.63. The number of fused-ring (bicyclic) bond motifs is 1. The Morgan fingerprint density at radius 1 is 1.07 bits per heavy atom. The number of amides is 1. The van der Waals surface area contributed by atoms with Gasteiger partial charge in [0, 0.05) is 45.8 Å². The van der Waals surface area contributed by atoms with E-state index in [9.17, 15) is 4.79 Å². The Bertz CT molecular complexity index is 675. The number of carbonyl (C=O) groups excluding carboxylic acids is 1. The van der Waals surface area contributed by atoms with E-state index in [1.54, 1.807) is 0 Å². The lowest BCUT2D eigenvalue weighted by Crippen LogP contribution is -2.41. The highest BCUT2D eigenvalue weighted by molar-refractivity contribution is 5.71. The Balaban J connectivity index is 1.30. The topological polar surface area (TPSA) is 45.2 Å². The molecule has 6 nitrogen and oxygen atoms in total. The third-order valence-corrected chi connectivity index (χ3v) is 6.08. The van der Waals surface area contributed by atoms with Crippen molar-refractivity contribution in [3.63, 3.8) is 0 Å². The van der Waals surface area contributed by atoms with Crippen LogP contribution >= 0.6 is 0 Å². The van der Waals surface area contributed by atoms with Gasteiger partial charge in [0.2, 0.25) is 0 Å². The van der Waals surface area contributed by atoms with E-state index < -0.39 is 0 Å². The summed E-state index contributed by atoms with van der Waals surface area (Å²) in [7, 11) is 0. The minimum absolute atomic E-state index is 0.0194. The molecular formula is C21H31N3O3. The number of hydrogen-bond donors (Lipinski definition) is 0. The Morgan fingerprint density at radius 2 is 1.89 bits per heavy atom. The van der Waals surface area contributed by atoms with Gasteiger partial charge in [0.1, 0.15) is 6.10 Å². The third-order valence-electron chi connectivity index (χ3n) is 6.08. The summed E-state index contributed by atoms with van der Waals surface area (Å²) < 4.78 is 11.1. The van der Waals surface area contributed by atoms with Crippen molar-refractivity contribution in [1.29, 1.82) is 0 Å². The molecule has 0 spiro atoms. The Morgan fingerprint density at radius 3 is 2.70 bits per heavy atom. The fourth-order valence-corrected chi connectivity index (χ4v) is 4.47. The predicted molar refractivity (Wildman–Crippen MR) is 104 cm³/mol. The molecule has 27 heavy (non-hydrogen) atoms. The zero-order chi connectivity index (χ0) is 18.8. The molecule has 148 valence electrons. The van der Waals surface area contributed by atoms with Crippen LogP contribution in [0.25, 0.3) is 0 Å². The lowest BCUT2D eigenvalue weighted by atomic mass is 10.1. The van der Waals surface area contributed by atoms with Crippen molar-refractivity contribution in [1.82, 2.24) is 14.7 Å². The summed E-state index contributed by atoms with van der Waals surface area (Å²) in [6, 6.07) is 6.83. The van der Waals surface area contributed by atoms with Crippen LogP contribution in [0, 0.1) is 13.8 Å². The van der Waals surface area contributed by atoms with E-state index in [-0.39, 0.29) is 18.2 Å². The fraction of sp³-hybridized carbons (Fsp3) is 0.667. The van der Waals surface area contributed by atoms with Crippen molar-refractivity contribution >= 4 is 6.09 Å². The summed E-state index contributed by atoms with van der Waals surface area (Å²) in [6.07, 6.45) is 0.888. The number of hydrogen-bond acceptors (Lipinski definition) is 5. The molecule has 0 N–H and O–H groups in total. The van der Waals surface area contributed by atoms with Gasteiger partial charge in [0.15, 0.2) is 0 Å². The van der Waals surface area contributed by atoms with Crippen LogP contribution in [0.3, 0.4) is 0 Å². The molecule has 0 unspecified atom stereocenters. The second-order valence-electron chi connectivity index (χ2n) is 8.11. The number of benzene rings is 1.